The van der Waals surface area contributed by atoms with E-state index in [4.69, 9.17) is 12.2 Å². The van der Waals surface area contributed by atoms with Crippen molar-refractivity contribution in [1.29, 1.82) is 0 Å². The lowest BCUT2D eigenvalue weighted by Crippen LogP contribution is -2.48. The molecule has 1 aromatic carbocycles. The number of benzene rings is 1. The van der Waals surface area contributed by atoms with Crippen molar-refractivity contribution < 1.29 is 8.42 Å². The Bertz CT molecular complexity index is 892. The van der Waals surface area contributed by atoms with Crippen LogP contribution in [0.25, 0.3) is 0 Å². The molecular formula is C18H26N4O2S2. The van der Waals surface area contributed by atoms with E-state index in [1.54, 1.807) is 16.4 Å². The van der Waals surface area contributed by atoms with Crippen LogP contribution >= 0.6 is 12.2 Å². The summed E-state index contributed by atoms with van der Waals surface area (Å²) in [5.74, 6) is 0. The summed E-state index contributed by atoms with van der Waals surface area (Å²) in [5.41, 5.74) is 1.18. The predicted octanol–water partition coefficient (Wildman–Crippen LogP) is 2.47. The fraction of sp³-hybridized carbons (Fsp3) is 0.500. The third-order valence-corrected chi connectivity index (χ3v) is 7.24. The van der Waals surface area contributed by atoms with Gasteiger partial charge in [0.2, 0.25) is 10.0 Å². The molecule has 0 bridgehead atoms. The highest BCUT2D eigenvalue weighted by atomic mass is 32.2. The first-order chi connectivity index (χ1) is 12.4. The van der Waals surface area contributed by atoms with Gasteiger partial charge in [-0.1, -0.05) is 25.5 Å². The molecule has 1 aromatic heterocycles. The Morgan fingerprint density at radius 3 is 2.23 bits per heavy atom. The molecule has 26 heavy (non-hydrogen) atoms. The van der Waals surface area contributed by atoms with E-state index in [0.29, 0.717) is 37.7 Å². The SMILES string of the molecule is CCCc1ccc(S(=O)(=O)N2CCN(Cn3ccn(C)c3=S)CC2)cc1. The van der Waals surface area contributed by atoms with Crippen molar-refractivity contribution in [2.24, 2.45) is 7.05 Å². The van der Waals surface area contributed by atoms with Crippen LogP contribution in [0.15, 0.2) is 41.6 Å². The van der Waals surface area contributed by atoms with E-state index in [0.717, 1.165) is 17.6 Å². The maximum absolute atomic E-state index is 12.9. The third kappa shape index (κ3) is 4.09. The number of aromatic nitrogens is 2. The van der Waals surface area contributed by atoms with Gasteiger partial charge in [-0.3, -0.25) is 4.90 Å². The Kier molecular flexibility index (Phi) is 5.96. The summed E-state index contributed by atoms with van der Waals surface area (Å²) >= 11 is 5.36. The molecule has 1 aliphatic rings. The number of imidazole rings is 1. The van der Waals surface area contributed by atoms with Gasteiger partial charge in [0.15, 0.2) is 4.77 Å². The summed E-state index contributed by atoms with van der Waals surface area (Å²) in [4.78, 5) is 2.61. The molecule has 6 nitrogen and oxygen atoms in total. The Hall–Kier alpha value is -1.48. The number of nitrogens with zero attached hydrogens (tertiary/aromatic N) is 4. The smallest absolute Gasteiger partial charge is 0.243 e. The van der Waals surface area contributed by atoms with Gasteiger partial charge in [-0.25, -0.2) is 8.42 Å². The number of sulfonamides is 1. The summed E-state index contributed by atoms with van der Waals surface area (Å²) in [6, 6.07) is 7.31. The van der Waals surface area contributed by atoms with Crippen molar-refractivity contribution in [3.8, 4) is 0 Å². The van der Waals surface area contributed by atoms with Gasteiger partial charge in [-0.2, -0.15) is 4.31 Å². The summed E-state index contributed by atoms with van der Waals surface area (Å²) in [6.07, 6.45) is 5.93. The molecule has 0 saturated carbocycles. The maximum atomic E-state index is 12.9. The van der Waals surface area contributed by atoms with Gasteiger partial charge < -0.3 is 9.13 Å². The molecule has 0 atom stereocenters. The molecule has 0 aliphatic carbocycles. The molecule has 142 valence electrons. The molecule has 0 N–H and O–H groups in total. The molecule has 0 radical (unpaired) electrons. The molecule has 1 fully saturated rings. The fourth-order valence-electron chi connectivity index (χ4n) is 3.21. The van der Waals surface area contributed by atoms with Crippen molar-refractivity contribution >= 4 is 22.2 Å². The van der Waals surface area contributed by atoms with Crippen LogP contribution in [0, 0.1) is 4.77 Å². The van der Waals surface area contributed by atoms with Crippen LogP contribution in [-0.2, 0) is 30.2 Å². The molecule has 3 rings (SSSR count). The van der Waals surface area contributed by atoms with Crippen LogP contribution in [0.5, 0.6) is 0 Å². The molecule has 2 aromatic rings. The Labute approximate surface area is 160 Å². The minimum absolute atomic E-state index is 0.385. The molecule has 2 heterocycles. The van der Waals surface area contributed by atoms with Crippen molar-refractivity contribution in [3.05, 3.63) is 47.0 Å². The number of aryl methyl sites for hydroxylation is 2. The molecule has 0 unspecified atom stereocenters. The summed E-state index contributed by atoms with van der Waals surface area (Å²) in [6.45, 7) is 5.21. The maximum Gasteiger partial charge on any atom is 0.243 e. The van der Waals surface area contributed by atoms with E-state index in [1.807, 2.05) is 40.7 Å². The van der Waals surface area contributed by atoms with Gasteiger partial charge in [-0.15, -0.1) is 0 Å². The second-order valence-corrected chi connectivity index (χ2v) is 9.02. The van der Waals surface area contributed by atoms with E-state index < -0.39 is 10.0 Å². The Morgan fingerprint density at radius 2 is 1.69 bits per heavy atom. The minimum atomic E-state index is -3.42. The Morgan fingerprint density at radius 1 is 1.04 bits per heavy atom. The zero-order valence-corrected chi connectivity index (χ0v) is 17.0. The minimum Gasteiger partial charge on any atom is -0.327 e. The normalized spacial score (nSPS) is 16.8. The zero-order chi connectivity index (χ0) is 18.7. The summed E-state index contributed by atoms with van der Waals surface area (Å²) in [7, 11) is -1.49. The molecule has 0 spiro atoms. The molecule has 8 heteroatoms. The van der Waals surface area contributed by atoms with Gasteiger partial charge in [0.05, 0.1) is 11.6 Å². The van der Waals surface area contributed by atoms with Crippen molar-refractivity contribution in [2.75, 3.05) is 26.2 Å². The molecule has 1 saturated heterocycles. The van der Waals surface area contributed by atoms with E-state index in [-0.39, 0.29) is 0 Å². The predicted molar refractivity (Wildman–Crippen MR) is 105 cm³/mol. The highest BCUT2D eigenvalue weighted by molar-refractivity contribution is 7.89. The van der Waals surface area contributed by atoms with Crippen LogP contribution in [0.4, 0.5) is 0 Å². The third-order valence-electron chi connectivity index (χ3n) is 4.80. The van der Waals surface area contributed by atoms with Crippen LogP contribution in [0.1, 0.15) is 18.9 Å². The highest BCUT2D eigenvalue weighted by Gasteiger charge is 2.28. The topological polar surface area (TPSA) is 50.5 Å². The molecule has 0 amide bonds. The van der Waals surface area contributed by atoms with Gasteiger partial charge in [-0.05, 0) is 36.3 Å². The number of rotatable bonds is 6. The average molecular weight is 395 g/mol. The average Bonchev–Trinajstić information content (AvgIpc) is 2.95. The summed E-state index contributed by atoms with van der Waals surface area (Å²) < 4.78 is 32.0. The lowest BCUT2D eigenvalue weighted by molar-refractivity contribution is 0.151. The first-order valence-corrected chi connectivity index (χ1v) is 10.8. The van der Waals surface area contributed by atoms with E-state index in [9.17, 15) is 8.42 Å². The lowest BCUT2D eigenvalue weighted by atomic mass is 10.1. The van der Waals surface area contributed by atoms with Crippen molar-refractivity contribution in [2.45, 2.75) is 31.3 Å². The monoisotopic (exact) mass is 394 g/mol. The largest absolute Gasteiger partial charge is 0.327 e. The lowest BCUT2D eigenvalue weighted by Gasteiger charge is -2.34. The first-order valence-electron chi connectivity index (χ1n) is 8.95. The molecular weight excluding hydrogens is 368 g/mol. The quantitative estimate of drug-likeness (QED) is 0.707. The van der Waals surface area contributed by atoms with Gasteiger partial charge >= 0.3 is 0 Å². The number of hydrogen-bond acceptors (Lipinski definition) is 4. The van der Waals surface area contributed by atoms with Crippen LogP contribution < -0.4 is 0 Å². The van der Waals surface area contributed by atoms with Crippen LogP contribution in [0.2, 0.25) is 0 Å². The standard InChI is InChI=1S/C18H26N4O2S2/c1-3-4-16-5-7-17(8-6-16)26(23,24)22-13-10-20(11-14-22)15-21-12-9-19(2)18(21)25/h5-9,12H,3-4,10-11,13-15H2,1-2H3. The summed E-state index contributed by atoms with van der Waals surface area (Å²) in [5, 5.41) is 0. The highest BCUT2D eigenvalue weighted by Crippen LogP contribution is 2.19. The van der Waals surface area contributed by atoms with Crippen LogP contribution in [0.3, 0.4) is 0 Å². The van der Waals surface area contributed by atoms with E-state index in [1.165, 1.54) is 5.56 Å². The number of piperazine rings is 1. The second kappa shape index (κ2) is 8.04. The van der Waals surface area contributed by atoms with Crippen molar-refractivity contribution in [1.82, 2.24) is 18.3 Å². The first kappa shape index (κ1) is 19.3. The molecule has 1 aliphatic heterocycles. The van der Waals surface area contributed by atoms with E-state index >= 15 is 0 Å². The van der Waals surface area contributed by atoms with Gasteiger partial charge in [0.1, 0.15) is 0 Å². The van der Waals surface area contributed by atoms with E-state index in [2.05, 4.69) is 11.8 Å². The Balaban J connectivity index is 1.63. The fourth-order valence-corrected chi connectivity index (χ4v) is 4.81. The second-order valence-electron chi connectivity index (χ2n) is 6.72. The van der Waals surface area contributed by atoms with Crippen LogP contribution in [-0.4, -0.2) is 52.9 Å². The van der Waals surface area contributed by atoms with Gasteiger partial charge in [0.25, 0.3) is 0 Å². The zero-order valence-electron chi connectivity index (χ0n) is 15.3. The van der Waals surface area contributed by atoms with Gasteiger partial charge in [0, 0.05) is 45.6 Å². The van der Waals surface area contributed by atoms with Crippen molar-refractivity contribution in [3.63, 3.8) is 0 Å². The number of hydrogen-bond donors (Lipinski definition) is 0.